The smallest absolute Gasteiger partial charge is 0.175 e. The first-order valence-electron chi connectivity index (χ1n) is 9.88. The summed E-state index contributed by atoms with van der Waals surface area (Å²) in [6.45, 7) is 5.09. The van der Waals surface area contributed by atoms with Crippen LogP contribution >= 0.6 is 12.4 Å². The lowest BCUT2D eigenvalue weighted by Gasteiger charge is -2.27. The van der Waals surface area contributed by atoms with E-state index in [2.05, 4.69) is 47.9 Å². The van der Waals surface area contributed by atoms with E-state index in [0.717, 1.165) is 36.3 Å². The van der Waals surface area contributed by atoms with Gasteiger partial charge in [-0.2, -0.15) is 0 Å². The molecular formula is C24H27ClN2O2S. The van der Waals surface area contributed by atoms with E-state index in [0.29, 0.717) is 10.9 Å². The second-order valence-electron chi connectivity index (χ2n) is 7.61. The second kappa shape index (κ2) is 9.31. The topological polar surface area (TPSA) is 58.2 Å². The molecule has 1 heterocycles. The van der Waals surface area contributed by atoms with Crippen LogP contribution in [0.4, 0.5) is 0 Å². The van der Waals surface area contributed by atoms with E-state index in [1.165, 1.54) is 22.9 Å². The molecule has 0 saturated carbocycles. The van der Waals surface area contributed by atoms with Gasteiger partial charge in [0.15, 0.2) is 9.84 Å². The largest absolute Gasteiger partial charge is 0.314 e. The van der Waals surface area contributed by atoms with Gasteiger partial charge < -0.3 is 10.6 Å². The highest BCUT2D eigenvalue weighted by Gasteiger charge is 2.18. The van der Waals surface area contributed by atoms with Crippen molar-refractivity contribution in [3.05, 3.63) is 77.9 Å². The Morgan fingerprint density at radius 2 is 1.53 bits per heavy atom. The minimum atomic E-state index is -3.23. The molecule has 0 bridgehead atoms. The van der Waals surface area contributed by atoms with Crippen molar-refractivity contribution >= 4 is 22.2 Å². The van der Waals surface area contributed by atoms with E-state index < -0.39 is 9.84 Å². The fourth-order valence-corrected chi connectivity index (χ4v) is 4.66. The third kappa shape index (κ3) is 4.76. The van der Waals surface area contributed by atoms with E-state index in [-0.39, 0.29) is 12.4 Å². The molecule has 1 fully saturated rings. The second-order valence-corrected chi connectivity index (χ2v) is 9.63. The number of hydrogen-bond acceptors (Lipinski definition) is 4. The summed E-state index contributed by atoms with van der Waals surface area (Å²) in [6, 6.07) is 22.2. The molecule has 0 spiro atoms. The summed E-state index contributed by atoms with van der Waals surface area (Å²) in [6.07, 6.45) is 1.24. The zero-order valence-corrected chi connectivity index (χ0v) is 18.8. The fourth-order valence-electron chi connectivity index (χ4n) is 3.99. The molecule has 1 atom stereocenters. The van der Waals surface area contributed by atoms with Gasteiger partial charge in [0, 0.05) is 31.9 Å². The van der Waals surface area contributed by atoms with Gasteiger partial charge >= 0.3 is 0 Å². The van der Waals surface area contributed by atoms with Crippen molar-refractivity contribution in [1.82, 2.24) is 10.6 Å². The van der Waals surface area contributed by atoms with E-state index in [1.807, 2.05) is 18.2 Å². The molecular weight excluding hydrogens is 416 g/mol. The highest BCUT2D eigenvalue weighted by molar-refractivity contribution is 7.90. The van der Waals surface area contributed by atoms with E-state index >= 15 is 0 Å². The molecule has 3 aromatic carbocycles. The average molecular weight is 443 g/mol. The maximum absolute atomic E-state index is 11.9. The van der Waals surface area contributed by atoms with Crippen LogP contribution in [0.2, 0.25) is 0 Å². The molecule has 1 aliphatic rings. The van der Waals surface area contributed by atoms with E-state index in [4.69, 9.17) is 0 Å². The normalized spacial score (nSPS) is 16.7. The maximum atomic E-state index is 11.9. The first kappa shape index (κ1) is 22.5. The Balaban J connectivity index is 0.00000256. The van der Waals surface area contributed by atoms with Crippen LogP contribution in [0.3, 0.4) is 0 Å². The Bertz CT molecular complexity index is 1140. The Labute approximate surface area is 185 Å². The third-order valence-electron chi connectivity index (χ3n) is 5.56. The van der Waals surface area contributed by atoms with Crippen LogP contribution in [0.5, 0.6) is 0 Å². The molecule has 4 rings (SSSR count). The van der Waals surface area contributed by atoms with Gasteiger partial charge in [0.2, 0.25) is 0 Å². The monoisotopic (exact) mass is 442 g/mol. The predicted octanol–water partition coefficient (Wildman–Crippen LogP) is 4.39. The van der Waals surface area contributed by atoms with Crippen molar-refractivity contribution in [3.63, 3.8) is 0 Å². The number of halogens is 1. The number of benzene rings is 3. The summed E-state index contributed by atoms with van der Waals surface area (Å²) in [5.74, 6) is 0. The lowest BCUT2D eigenvalue weighted by Crippen LogP contribution is -2.42. The van der Waals surface area contributed by atoms with Crippen LogP contribution in [0, 0.1) is 6.92 Å². The van der Waals surface area contributed by atoms with Gasteiger partial charge in [-0.05, 0) is 58.5 Å². The number of piperazine rings is 1. The van der Waals surface area contributed by atoms with Crippen molar-refractivity contribution in [2.45, 2.75) is 17.9 Å². The van der Waals surface area contributed by atoms with Crippen molar-refractivity contribution in [2.24, 2.45) is 0 Å². The number of sulfone groups is 1. The molecule has 3 aromatic rings. The Kier molecular flexibility index (Phi) is 6.98. The van der Waals surface area contributed by atoms with E-state index in [1.54, 1.807) is 18.2 Å². The summed E-state index contributed by atoms with van der Waals surface area (Å²) in [5.41, 5.74) is 6.85. The van der Waals surface area contributed by atoms with Gasteiger partial charge in [-0.25, -0.2) is 8.42 Å². The van der Waals surface area contributed by atoms with Crippen molar-refractivity contribution < 1.29 is 8.42 Å². The molecule has 0 aliphatic carbocycles. The molecule has 2 N–H and O–H groups in total. The summed E-state index contributed by atoms with van der Waals surface area (Å²) >= 11 is 0. The van der Waals surface area contributed by atoms with Gasteiger partial charge in [0.25, 0.3) is 0 Å². The number of rotatable bonds is 4. The standard InChI is InChI=1S/C24H26N2O2S.ClH/c1-17-22(10-5-11-23(17)24-16-25-12-13-26-24)20-8-3-6-18(14-20)19-7-4-9-21(15-19)29(2,27)28;/h3-11,14-15,24-26H,12-13,16H2,1-2H3;1H. The molecule has 0 radical (unpaired) electrons. The molecule has 6 heteroatoms. The zero-order valence-electron chi connectivity index (χ0n) is 17.2. The fraction of sp³-hybridized carbons (Fsp3) is 0.250. The predicted molar refractivity (Wildman–Crippen MR) is 126 cm³/mol. The quantitative estimate of drug-likeness (QED) is 0.629. The van der Waals surface area contributed by atoms with Crippen molar-refractivity contribution in [3.8, 4) is 22.3 Å². The lowest BCUT2D eigenvalue weighted by atomic mass is 9.91. The van der Waals surface area contributed by atoms with E-state index in [9.17, 15) is 8.42 Å². The van der Waals surface area contributed by atoms with Crippen LogP contribution in [0.25, 0.3) is 22.3 Å². The SMILES string of the molecule is Cc1c(-c2cccc(-c3cccc(S(C)(=O)=O)c3)c2)cccc1C1CNCCN1.Cl. The summed E-state index contributed by atoms with van der Waals surface area (Å²) in [4.78, 5) is 0.342. The van der Waals surface area contributed by atoms with Gasteiger partial charge in [0.05, 0.1) is 4.90 Å². The summed E-state index contributed by atoms with van der Waals surface area (Å²) in [5, 5.41) is 7.05. The van der Waals surface area contributed by atoms with Crippen LogP contribution in [-0.2, 0) is 9.84 Å². The first-order valence-corrected chi connectivity index (χ1v) is 11.8. The van der Waals surface area contributed by atoms with Gasteiger partial charge in [-0.15, -0.1) is 12.4 Å². The molecule has 30 heavy (non-hydrogen) atoms. The molecule has 158 valence electrons. The Hall–Kier alpha value is -2.18. The van der Waals surface area contributed by atoms with Crippen LogP contribution < -0.4 is 10.6 Å². The number of hydrogen-bond donors (Lipinski definition) is 2. The minimum absolute atomic E-state index is 0. The molecule has 4 nitrogen and oxygen atoms in total. The highest BCUT2D eigenvalue weighted by Crippen LogP contribution is 2.32. The number of nitrogens with one attached hydrogen (secondary N) is 2. The molecule has 0 amide bonds. The van der Waals surface area contributed by atoms with Gasteiger partial charge in [0.1, 0.15) is 0 Å². The summed E-state index contributed by atoms with van der Waals surface area (Å²) in [7, 11) is -3.23. The zero-order chi connectivity index (χ0) is 20.4. The molecule has 1 unspecified atom stereocenters. The first-order chi connectivity index (χ1) is 13.9. The van der Waals surface area contributed by atoms with Crippen LogP contribution in [0.1, 0.15) is 17.2 Å². The van der Waals surface area contributed by atoms with Gasteiger partial charge in [-0.3, -0.25) is 0 Å². The third-order valence-corrected chi connectivity index (χ3v) is 6.67. The molecule has 0 aromatic heterocycles. The average Bonchev–Trinajstić information content (AvgIpc) is 2.74. The lowest BCUT2D eigenvalue weighted by molar-refractivity contribution is 0.429. The summed E-state index contributed by atoms with van der Waals surface area (Å²) < 4.78 is 23.9. The molecule has 1 saturated heterocycles. The molecule has 1 aliphatic heterocycles. The highest BCUT2D eigenvalue weighted by atomic mass is 35.5. The Morgan fingerprint density at radius 1 is 0.867 bits per heavy atom. The van der Waals surface area contributed by atoms with Crippen molar-refractivity contribution in [2.75, 3.05) is 25.9 Å². The van der Waals surface area contributed by atoms with Gasteiger partial charge in [-0.1, -0.05) is 48.5 Å². The maximum Gasteiger partial charge on any atom is 0.175 e. The van der Waals surface area contributed by atoms with Crippen molar-refractivity contribution in [1.29, 1.82) is 0 Å². The van der Waals surface area contributed by atoms with Crippen LogP contribution in [0.15, 0.2) is 71.6 Å². The van der Waals surface area contributed by atoms with Crippen LogP contribution in [-0.4, -0.2) is 34.3 Å². The minimum Gasteiger partial charge on any atom is -0.314 e. The Morgan fingerprint density at radius 3 is 2.23 bits per heavy atom.